The molecule has 0 aromatic rings. The van der Waals surface area contributed by atoms with Gasteiger partial charge in [-0.15, -0.1) is 0 Å². The van der Waals surface area contributed by atoms with Gasteiger partial charge in [0, 0.05) is 12.6 Å². The summed E-state index contributed by atoms with van der Waals surface area (Å²) in [5.41, 5.74) is 0. The number of carbonyl (C=O) groups excluding carboxylic acids is 2. The summed E-state index contributed by atoms with van der Waals surface area (Å²) in [5.74, 6) is 0.0977. The van der Waals surface area contributed by atoms with Crippen LogP contribution in [0.5, 0.6) is 0 Å². The number of likely N-dealkylation sites (tertiary alicyclic amines) is 1. The summed E-state index contributed by atoms with van der Waals surface area (Å²) in [6.07, 6.45) is 3.74. The van der Waals surface area contributed by atoms with E-state index in [4.69, 9.17) is 0 Å². The van der Waals surface area contributed by atoms with Crippen molar-refractivity contribution in [3.05, 3.63) is 0 Å². The first kappa shape index (κ1) is 14.3. The maximum atomic E-state index is 12.6. The molecule has 3 atom stereocenters. The van der Waals surface area contributed by atoms with Gasteiger partial charge in [-0.3, -0.25) is 9.59 Å². The normalized spacial score (nSPS) is 33.4. The molecule has 0 aliphatic carbocycles. The Hall–Kier alpha value is -1.10. The van der Waals surface area contributed by atoms with Crippen LogP contribution < -0.4 is 5.32 Å². The van der Waals surface area contributed by atoms with Gasteiger partial charge in [0.1, 0.15) is 12.1 Å². The Morgan fingerprint density at radius 1 is 1.37 bits per heavy atom. The smallest absolute Gasteiger partial charge is 0.246 e. The molecule has 2 fully saturated rings. The van der Waals surface area contributed by atoms with Crippen molar-refractivity contribution in [3.63, 3.8) is 0 Å². The van der Waals surface area contributed by atoms with E-state index in [0.717, 1.165) is 38.8 Å². The molecule has 2 heterocycles. The highest BCUT2D eigenvalue weighted by molar-refractivity contribution is 5.96. The first-order valence-electron chi connectivity index (χ1n) is 7.35. The van der Waals surface area contributed by atoms with Crippen molar-refractivity contribution in [2.45, 2.75) is 57.7 Å². The van der Waals surface area contributed by atoms with Crippen LogP contribution >= 0.6 is 0 Å². The Balaban J connectivity index is 2.14. The molecule has 1 N–H and O–H groups in total. The Morgan fingerprint density at radius 3 is 2.74 bits per heavy atom. The second-order valence-electron chi connectivity index (χ2n) is 5.83. The lowest BCUT2D eigenvalue weighted by Gasteiger charge is -2.45. The average molecular weight is 267 g/mol. The van der Waals surface area contributed by atoms with Crippen molar-refractivity contribution < 1.29 is 9.59 Å². The van der Waals surface area contributed by atoms with E-state index in [0.29, 0.717) is 0 Å². The van der Waals surface area contributed by atoms with Gasteiger partial charge in [-0.2, -0.15) is 0 Å². The molecule has 0 aromatic carbocycles. The maximum Gasteiger partial charge on any atom is 0.246 e. The van der Waals surface area contributed by atoms with Crippen LogP contribution in [0.4, 0.5) is 0 Å². The molecular formula is C14H25N3O2. The second kappa shape index (κ2) is 5.90. The van der Waals surface area contributed by atoms with Crippen LogP contribution in [-0.4, -0.2) is 59.9 Å². The van der Waals surface area contributed by atoms with Crippen LogP contribution in [0.2, 0.25) is 0 Å². The minimum atomic E-state index is -0.336. The zero-order valence-electron chi connectivity index (χ0n) is 12.2. The molecule has 108 valence electrons. The number of amides is 2. The van der Waals surface area contributed by atoms with Crippen LogP contribution in [0.3, 0.4) is 0 Å². The van der Waals surface area contributed by atoms with Gasteiger partial charge in [-0.1, -0.05) is 13.3 Å². The molecule has 19 heavy (non-hydrogen) atoms. The van der Waals surface area contributed by atoms with Gasteiger partial charge in [0.05, 0.1) is 0 Å². The first-order valence-corrected chi connectivity index (χ1v) is 7.35. The van der Waals surface area contributed by atoms with Crippen LogP contribution in [0, 0.1) is 0 Å². The highest BCUT2D eigenvalue weighted by atomic mass is 16.2. The molecule has 2 aliphatic heterocycles. The molecule has 2 amide bonds. The lowest BCUT2D eigenvalue weighted by molar-refractivity contribution is -0.152. The lowest BCUT2D eigenvalue weighted by Crippen LogP contribution is -2.66. The molecule has 5 heteroatoms. The van der Waals surface area contributed by atoms with Crippen molar-refractivity contribution in [1.82, 2.24) is 15.1 Å². The van der Waals surface area contributed by atoms with Crippen LogP contribution in [0.1, 0.15) is 39.5 Å². The maximum absolute atomic E-state index is 12.6. The molecule has 0 spiro atoms. The Labute approximate surface area is 115 Å². The largest absolute Gasteiger partial charge is 0.343 e. The van der Waals surface area contributed by atoms with E-state index in [9.17, 15) is 9.59 Å². The van der Waals surface area contributed by atoms with Crippen LogP contribution in [-0.2, 0) is 9.59 Å². The van der Waals surface area contributed by atoms with Crippen molar-refractivity contribution >= 4 is 11.8 Å². The second-order valence-corrected chi connectivity index (χ2v) is 5.83. The molecule has 0 saturated carbocycles. The number of hydrogen-bond donors (Lipinski definition) is 1. The summed E-state index contributed by atoms with van der Waals surface area (Å²) in [4.78, 5) is 28.7. The van der Waals surface area contributed by atoms with Crippen molar-refractivity contribution in [2.24, 2.45) is 0 Å². The quantitative estimate of drug-likeness (QED) is 0.814. The third-order valence-corrected chi connectivity index (χ3v) is 4.24. The number of carbonyl (C=O) groups is 2. The molecular weight excluding hydrogens is 242 g/mol. The highest BCUT2D eigenvalue weighted by Crippen LogP contribution is 2.22. The fourth-order valence-corrected chi connectivity index (χ4v) is 3.20. The fraction of sp³-hybridized carbons (Fsp3) is 0.857. The minimum absolute atomic E-state index is 0.00808. The molecule has 0 aromatic heterocycles. The van der Waals surface area contributed by atoms with E-state index in [1.165, 1.54) is 0 Å². The molecule has 0 radical (unpaired) electrons. The van der Waals surface area contributed by atoms with E-state index >= 15 is 0 Å². The zero-order valence-corrected chi connectivity index (χ0v) is 12.2. The molecule has 2 saturated heterocycles. The van der Waals surface area contributed by atoms with Gasteiger partial charge in [-0.05, 0) is 39.8 Å². The van der Waals surface area contributed by atoms with Gasteiger partial charge in [-0.25, -0.2) is 0 Å². The summed E-state index contributed by atoms with van der Waals surface area (Å²) in [6, 6.07) is -0.468. The van der Waals surface area contributed by atoms with Crippen molar-refractivity contribution in [3.8, 4) is 0 Å². The fourth-order valence-electron chi connectivity index (χ4n) is 3.20. The van der Waals surface area contributed by atoms with Crippen molar-refractivity contribution in [2.75, 3.05) is 20.1 Å². The van der Waals surface area contributed by atoms with Gasteiger partial charge in [0.2, 0.25) is 11.8 Å². The zero-order chi connectivity index (χ0) is 14.0. The Kier molecular flexibility index (Phi) is 4.45. The Morgan fingerprint density at radius 2 is 2.11 bits per heavy atom. The van der Waals surface area contributed by atoms with Gasteiger partial charge in [0.25, 0.3) is 0 Å². The number of hydrogen-bond acceptors (Lipinski definition) is 3. The predicted molar refractivity (Wildman–Crippen MR) is 73.7 cm³/mol. The number of nitrogens with zero attached hydrogens (tertiary/aromatic N) is 2. The van der Waals surface area contributed by atoms with Gasteiger partial charge < -0.3 is 15.1 Å². The van der Waals surface area contributed by atoms with E-state index in [1.54, 1.807) is 0 Å². The number of piperidine rings is 1. The topological polar surface area (TPSA) is 52.7 Å². The highest BCUT2D eigenvalue weighted by Gasteiger charge is 2.41. The van der Waals surface area contributed by atoms with Crippen LogP contribution in [0.25, 0.3) is 0 Å². The summed E-state index contributed by atoms with van der Waals surface area (Å²) in [7, 11) is 2.08. The first-order chi connectivity index (χ1) is 9.04. The van der Waals surface area contributed by atoms with Gasteiger partial charge in [0.15, 0.2) is 0 Å². The number of likely N-dealkylation sites (N-methyl/N-ethyl adjacent to an activating group) is 1. The van der Waals surface area contributed by atoms with E-state index in [-0.39, 0.29) is 29.9 Å². The minimum Gasteiger partial charge on any atom is -0.343 e. The average Bonchev–Trinajstić information content (AvgIpc) is 2.36. The third kappa shape index (κ3) is 2.91. The summed E-state index contributed by atoms with van der Waals surface area (Å²) >= 11 is 0. The van der Waals surface area contributed by atoms with E-state index < -0.39 is 0 Å². The van der Waals surface area contributed by atoms with Gasteiger partial charge >= 0.3 is 0 Å². The van der Waals surface area contributed by atoms with E-state index in [2.05, 4.69) is 17.3 Å². The molecule has 2 aliphatic rings. The molecule has 0 bridgehead atoms. The predicted octanol–water partition coefficient (Wildman–Crippen LogP) is 0.596. The third-order valence-electron chi connectivity index (χ3n) is 4.24. The SMILES string of the molecule is CCCC1NC(=O)C(C)N(C2CCCN(C)C2)C1=O. The molecule has 3 unspecified atom stereocenters. The number of piperazine rings is 1. The van der Waals surface area contributed by atoms with Crippen LogP contribution in [0.15, 0.2) is 0 Å². The summed E-state index contributed by atoms with van der Waals surface area (Å²) in [6.45, 7) is 5.83. The monoisotopic (exact) mass is 267 g/mol. The standard InChI is InChI=1S/C14H25N3O2/c1-4-6-12-14(19)17(10(2)13(18)15-12)11-7-5-8-16(3)9-11/h10-12H,4-9H2,1-3H3,(H,15,18). The van der Waals surface area contributed by atoms with Crippen molar-refractivity contribution in [1.29, 1.82) is 0 Å². The number of nitrogens with one attached hydrogen (secondary N) is 1. The lowest BCUT2D eigenvalue weighted by atomic mass is 9.97. The Bertz CT molecular complexity index is 359. The summed E-state index contributed by atoms with van der Waals surface area (Å²) < 4.78 is 0. The molecule has 2 rings (SSSR count). The molecule has 5 nitrogen and oxygen atoms in total. The van der Waals surface area contributed by atoms with E-state index in [1.807, 2.05) is 18.7 Å². The number of rotatable bonds is 3. The summed E-state index contributed by atoms with van der Waals surface area (Å²) in [5, 5.41) is 2.85.